The zero-order valence-electron chi connectivity index (χ0n) is 10.2. The van der Waals surface area contributed by atoms with Gasteiger partial charge in [-0.3, -0.25) is 4.90 Å². The Bertz CT molecular complexity index is 207. The molecule has 0 aromatic heterocycles. The summed E-state index contributed by atoms with van der Waals surface area (Å²) in [6.45, 7) is 5.87. The lowest BCUT2D eigenvalue weighted by atomic mass is 9.86. The molecule has 4 atom stereocenters. The molecule has 2 unspecified atom stereocenters. The molecule has 0 amide bonds. The summed E-state index contributed by atoms with van der Waals surface area (Å²) in [5, 5.41) is 10.1. The smallest absolute Gasteiger partial charge is 0.0695 e. The van der Waals surface area contributed by atoms with Gasteiger partial charge in [-0.15, -0.1) is 0 Å². The highest BCUT2D eigenvalue weighted by atomic mass is 16.3. The van der Waals surface area contributed by atoms with Crippen LogP contribution < -0.4 is 0 Å². The highest BCUT2D eigenvalue weighted by molar-refractivity contribution is 4.88. The summed E-state index contributed by atoms with van der Waals surface area (Å²) in [6, 6.07) is 1.13. The number of nitrogens with zero attached hydrogens (tertiary/aromatic N) is 1. The standard InChI is InChI=1S/C13H25NO/c1-10-7-8-11(2)14(9-10)12-5-3-4-6-13(12)15/h10-13,15H,3-9H2,1-2H3/t10?,11?,12-,13-/m1/s1. The molecule has 1 heterocycles. The van der Waals surface area contributed by atoms with Crippen molar-refractivity contribution < 1.29 is 5.11 Å². The number of likely N-dealkylation sites (tertiary alicyclic amines) is 1. The Morgan fingerprint density at radius 1 is 1.00 bits per heavy atom. The molecular weight excluding hydrogens is 186 g/mol. The summed E-state index contributed by atoms with van der Waals surface area (Å²) in [5.41, 5.74) is 0. The number of aliphatic hydroxyl groups excluding tert-OH is 1. The molecule has 0 aromatic rings. The SMILES string of the molecule is CC1CCC(C)N([C@@H]2CCCC[C@H]2O)C1. The van der Waals surface area contributed by atoms with Crippen LogP contribution in [0.25, 0.3) is 0 Å². The first kappa shape index (κ1) is 11.4. The Morgan fingerprint density at radius 2 is 1.73 bits per heavy atom. The van der Waals surface area contributed by atoms with E-state index in [0.29, 0.717) is 12.1 Å². The topological polar surface area (TPSA) is 23.5 Å². The van der Waals surface area contributed by atoms with Gasteiger partial charge in [-0.05, 0) is 38.5 Å². The van der Waals surface area contributed by atoms with E-state index in [1.54, 1.807) is 0 Å². The zero-order valence-corrected chi connectivity index (χ0v) is 10.2. The van der Waals surface area contributed by atoms with E-state index in [0.717, 1.165) is 12.3 Å². The maximum absolute atomic E-state index is 10.1. The predicted molar refractivity (Wildman–Crippen MR) is 62.8 cm³/mol. The molecule has 1 N–H and O–H groups in total. The van der Waals surface area contributed by atoms with Gasteiger partial charge in [0.15, 0.2) is 0 Å². The van der Waals surface area contributed by atoms with Crippen LogP contribution in [0.3, 0.4) is 0 Å². The Kier molecular flexibility index (Phi) is 3.68. The minimum atomic E-state index is -0.0634. The van der Waals surface area contributed by atoms with Gasteiger partial charge in [0.1, 0.15) is 0 Å². The summed E-state index contributed by atoms with van der Waals surface area (Å²) >= 11 is 0. The summed E-state index contributed by atoms with van der Waals surface area (Å²) in [4.78, 5) is 2.58. The van der Waals surface area contributed by atoms with Crippen molar-refractivity contribution in [3.8, 4) is 0 Å². The lowest BCUT2D eigenvalue weighted by Gasteiger charge is -2.45. The molecular formula is C13H25NO. The molecule has 0 aromatic carbocycles. The van der Waals surface area contributed by atoms with Crippen LogP contribution in [0.4, 0.5) is 0 Å². The van der Waals surface area contributed by atoms with Crippen LogP contribution in [0.1, 0.15) is 52.4 Å². The molecule has 2 nitrogen and oxygen atoms in total. The van der Waals surface area contributed by atoms with Crippen molar-refractivity contribution in [2.24, 2.45) is 5.92 Å². The van der Waals surface area contributed by atoms with Gasteiger partial charge in [0.2, 0.25) is 0 Å². The minimum Gasteiger partial charge on any atom is -0.391 e. The number of piperidine rings is 1. The number of aliphatic hydroxyl groups is 1. The van der Waals surface area contributed by atoms with Crippen molar-refractivity contribution in [3.63, 3.8) is 0 Å². The number of hydrogen-bond acceptors (Lipinski definition) is 2. The fourth-order valence-corrected chi connectivity index (χ4v) is 3.26. The van der Waals surface area contributed by atoms with Gasteiger partial charge in [0, 0.05) is 18.6 Å². The van der Waals surface area contributed by atoms with Crippen molar-refractivity contribution in [3.05, 3.63) is 0 Å². The molecule has 2 aliphatic rings. The maximum atomic E-state index is 10.1. The van der Waals surface area contributed by atoms with E-state index in [4.69, 9.17) is 0 Å². The van der Waals surface area contributed by atoms with Crippen molar-refractivity contribution in [1.29, 1.82) is 0 Å². The van der Waals surface area contributed by atoms with E-state index in [9.17, 15) is 5.11 Å². The van der Waals surface area contributed by atoms with E-state index in [1.807, 2.05) is 0 Å². The molecule has 1 aliphatic carbocycles. The molecule has 2 rings (SSSR count). The lowest BCUT2D eigenvalue weighted by molar-refractivity contribution is -0.0211. The highest BCUT2D eigenvalue weighted by Crippen LogP contribution is 2.30. The molecule has 1 saturated heterocycles. The Balaban J connectivity index is 1.99. The van der Waals surface area contributed by atoms with Crippen molar-refractivity contribution in [2.75, 3.05) is 6.54 Å². The summed E-state index contributed by atoms with van der Waals surface area (Å²) in [7, 11) is 0. The van der Waals surface area contributed by atoms with E-state index in [2.05, 4.69) is 18.7 Å². The fourth-order valence-electron chi connectivity index (χ4n) is 3.26. The van der Waals surface area contributed by atoms with Crippen LogP contribution in [-0.4, -0.2) is 34.7 Å². The monoisotopic (exact) mass is 211 g/mol. The Morgan fingerprint density at radius 3 is 2.47 bits per heavy atom. The van der Waals surface area contributed by atoms with Gasteiger partial charge in [0.25, 0.3) is 0 Å². The molecule has 88 valence electrons. The first-order valence-electron chi connectivity index (χ1n) is 6.62. The summed E-state index contributed by atoms with van der Waals surface area (Å²) in [6.07, 6.45) is 7.35. The molecule has 15 heavy (non-hydrogen) atoms. The molecule has 1 aliphatic heterocycles. The normalized spacial score (nSPS) is 44.2. The van der Waals surface area contributed by atoms with Crippen molar-refractivity contribution in [2.45, 2.75) is 70.6 Å². The second kappa shape index (κ2) is 4.84. The van der Waals surface area contributed by atoms with Crippen LogP contribution in [-0.2, 0) is 0 Å². The largest absolute Gasteiger partial charge is 0.391 e. The third kappa shape index (κ3) is 2.54. The quantitative estimate of drug-likeness (QED) is 0.720. The second-order valence-corrected chi connectivity index (χ2v) is 5.65. The van der Waals surface area contributed by atoms with Crippen LogP contribution >= 0.6 is 0 Å². The molecule has 2 heteroatoms. The Labute approximate surface area is 93.7 Å². The van der Waals surface area contributed by atoms with Crippen LogP contribution in [0, 0.1) is 5.92 Å². The number of hydrogen-bond donors (Lipinski definition) is 1. The fraction of sp³-hybridized carbons (Fsp3) is 1.00. The summed E-state index contributed by atoms with van der Waals surface area (Å²) < 4.78 is 0. The molecule has 0 spiro atoms. The first-order valence-corrected chi connectivity index (χ1v) is 6.62. The minimum absolute atomic E-state index is 0.0634. The van der Waals surface area contributed by atoms with E-state index in [-0.39, 0.29) is 6.10 Å². The predicted octanol–water partition coefficient (Wildman–Crippen LogP) is 2.41. The third-order valence-electron chi connectivity index (χ3n) is 4.29. The molecule has 1 saturated carbocycles. The van der Waals surface area contributed by atoms with Gasteiger partial charge >= 0.3 is 0 Å². The van der Waals surface area contributed by atoms with Gasteiger partial charge in [-0.2, -0.15) is 0 Å². The van der Waals surface area contributed by atoms with Crippen LogP contribution in [0.15, 0.2) is 0 Å². The van der Waals surface area contributed by atoms with Crippen molar-refractivity contribution in [1.82, 2.24) is 4.90 Å². The van der Waals surface area contributed by atoms with E-state index < -0.39 is 0 Å². The number of rotatable bonds is 1. The summed E-state index contributed by atoms with van der Waals surface area (Å²) in [5.74, 6) is 0.815. The zero-order chi connectivity index (χ0) is 10.8. The molecule has 0 radical (unpaired) electrons. The average molecular weight is 211 g/mol. The van der Waals surface area contributed by atoms with E-state index >= 15 is 0 Å². The average Bonchev–Trinajstić information content (AvgIpc) is 2.23. The lowest BCUT2D eigenvalue weighted by Crippen LogP contribution is -2.53. The van der Waals surface area contributed by atoms with E-state index in [1.165, 1.54) is 38.6 Å². The van der Waals surface area contributed by atoms with Gasteiger partial charge in [0.05, 0.1) is 6.10 Å². The molecule has 2 fully saturated rings. The van der Waals surface area contributed by atoms with Gasteiger partial charge < -0.3 is 5.11 Å². The van der Waals surface area contributed by atoms with Crippen LogP contribution in [0.5, 0.6) is 0 Å². The second-order valence-electron chi connectivity index (χ2n) is 5.65. The maximum Gasteiger partial charge on any atom is 0.0695 e. The third-order valence-corrected chi connectivity index (χ3v) is 4.29. The van der Waals surface area contributed by atoms with Gasteiger partial charge in [-0.1, -0.05) is 19.8 Å². The highest BCUT2D eigenvalue weighted by Gasteiger charge is 2.34. The van der Waals surface area contributed by atoms with Gasteiger partial charge in [-0.25, -0.2) is 0 Å². The van der Waals surface area contributed by atoms with Crippen LogP contribution in [0.2, 0.25) is 0 Å². The first-order chi connectivity index (χ1) is 7.18. The Hall–Kier alpha value is -0.0800. The molecule has 0 bridgehead atoms. The van der Waals surface area contributed by atoms with Crippen molar-refractivity contribution >= 4 is 0 Å².